The van der Waals surface area contributed by atoms with Gasteiger partial charge in [0.25, 0.3) is 5.91 Å². The maximum Gasteiger partial charge on any atom is 0.254 e. The number of likely N-dealkylation sites (tertiary alicyclic amines) is 2. The molecule has 0 spiro atoms. The number of carbonyl (C=O) groups excluding carboxylic acids is 2. The topological polar surface area (TPSA) is 69.9 Å². The van der Waals surface area contributed by atoms with Gasteiger partial charge in [-0.3, -0.25) is 14.5 Å². The summed E-state index contributed by atoms with van der Waals surface area (Å²) in [4.78, 5) is 31.1. The Morgan fingerprint density at radius 2 is 1.79 bits per heavy atom. The minimum absolute atomic E-state index is 0.00888. The fraction of sp³-hybridized carbons (Fsp3) is 0.391. The van der Waals surface area contributed by atoms with E-state index in [-0.39, 0.29) is 24.4 Å². The number of amides is 2. The number of anilines is 1. The molecule has 4 rings (SSSR count). The third-order valence-electron chi connectivity index (χ3n) is 6.13. The van der Waals surface area contributed by atoms with Crippen molar-refractivity contribution >= 4 is 17.5 Å². The second-order valence-corrected chi connectivity index (χ2v) is 8.34. The molecule has 2 aromatic rings. The molecule has 3 atom stereocenters. The summed E-state index contributed by atoms with van der Waals surface area (Å²) >= 11 is 0. The molecule has 0 saturated carbocycles. The number of primary amides is 1. The lowest BCUT2D eigenvalue weighted by atomic mass is 9.89. The van der Waals surface area contributed by atoms with E-state index in [0.717, 1.165) is 24.3 Å². The number of hydrogen-bond acceptors (Lipinski definition) is 4. The summed E-state index contributed by atoms with van der Waals surface area (Å²) in [6.07, 6.45) is 0. The van der Waals surface area contributed by atoms with Gasteiger partial charge in [-0.2, -0.15) is 0 Å². The summed E-state index contributed by atoms with van der Waals surface area (Å²) in [7, 11) is 3.95. The fourth-order valence-corrected chi connectivity index (χ4v) is 4.86. The molecule has 6 nitrogen and oxygen atoms in total. The summed E-state index contributed by atoms with van der Waals surface area (Å²) in [5.74, 6) is 0.423. The highest BCUT2D eigenvalue weighted by Gasteiger charge is 2.49. The van der Waals surface area contributed by atoms with Crippen molar-refractivity contribution < 1.29 is 9.59 Å². The van der Waals surface area contributed by atoms with Crippen molar-refractivity contribution in [1.82, 2.24) is 9.80 Å². The van der Waals surface area contributed by atoms with Gasteiger partial charge in [-0.1, -0.05) is 36.4 Å². The molecule has 2 saturated heterocycles. The Morgan fingerprint density at radius 3 is 2.48 bits per heavy atom. The third kappa shape index (κ3) is 3.85. The van der Waals surface area contributed by atoms with Gasteiger partial charge in [0.2, 0.25) is 5.91 Å². The Hall–Kier alpha value is -2.86. The smallest absolute Gasteiger partial charge is 0.254 e. The van der Waals surface area contributed by atoms with E-state index >= 15 is 0 Å². The lowest BCUT2D eigenvalue weighted by molar-refractivity contribution is -0.119. The van der Waals surface area contributed by atoms with Crippen LogP contribution < -0.4 is 10.6 Å². The molecule has 0 bridgehead atoms. The number of nitrogens with two attached hydrogens (primary N) is 1. The molecular weight excluding hydrogens is 364 g/mol. The maximum atomic E-state index is 13.5. The summed E-state index contributed by atoms with van der Waals surface area (Å²) < 4.78 is 0. The molecule has 2 N–H and O–H groups in total. The molecule has 2 aliphatic heterocycles. The van der Waals surface area contributed by atoms with Crippen LogP contribution >= 0.6 is 0 Å². The molecule has 2 heterocycles. The Morgan fingerprint density at radius 1 is 1.03 bits per heavy atom. The second kappa shape index (κ2) is 7.87. The lowest BCUT2D eigenvalue weighted by Crippen LogP contribution is -2.38. The number of nitrogens with zero attached hydrogens (tertiary/aromatic N) is 3. The van der Waals surface area contributed by atoms with Crippen LogP contribution in [0.15, 0.2) is 54.6 Å². The van der Waals surface area contributed by atoms with E-state index in [4.69, 9.17) is 5.73 Å². The minimum atomic E-state index is -0.297. The van der Waals surface area contributed by atoms with Gasteiger partial charge in [0.05, 0.1) is 12.6 Å². The third-order valence-corrected chi connectivity index (χ3v) is 6.13. The zero-order valence-corrected chi connectivity index (χ0v) is 17.0. The van der Waals surface area contributed by atoms with Crippen molar-refractivity contribution in [2.75, 3.05) is 45.2 Å². The number of carbonyl (C=O) groups is 2. The van der Waals surface area contributed by atoms with Crippen molar-refractivity contribution in [2.24, 2.45) is 17.6 Å². The van der Waals surface area contributed by atoms with Crippen LogP contribution in [0.5, 0.6) is 0 Å². The Labute approximate surface area is 171 Å². The standard InChI is InChI=1S/C23H28N4O2/c1-25(2)19-10-6-9-17(11-19)23(29)27-13-18-12-26(15-21(24)28)14-20(18)22(27)16-7-4-3-5-8-16/h3-11,18,20,22H,12-15H2,1-2H3,(H2,24,28)/t18-,20-,22+/m0/s1. The summed E-state index contributed by atoms with van der Waals surface area (Å²) in [6, 6.07) is 18.0. The number of rotatable bonds is 5. The van der Waals surface area contributed by atoms with Crippen molar-refractivity contribution in [3.63, 3.8) is 0 Å². The Bertz CT molecular complexity index is 899. The molecular formula is C23H28N4O2. The SMILES string of the molecule is CN(C)c1cccc(C(=O)N2C[C@@H]3CN(CC(N)=O)C[C@@H]3[C@H]2c2ccccc2)c1. The van der Waals surface area contributed by atoms with Gasteiger partial charge in [0.15, 0.2) is 0 Å². The highest BCUT2D eigenvalue weighted by Crippen LogP contribution is 2.45. The number of fused-ring (bicyclic) bond motifs is 1. The van der Waals surface area contributed by atoms with Gasteiger partial charge in [0.1, 0.15) is 0 Å². The monoisotopic (exact) mass is 392 g/mol. The quantitative estimate of drug-likeness (QED) is 0.845. The highest BCUT2D eigenvalue weighted by atomic mass is 16.2. The highest BCUT2D eigenvalue weighted by molar-refractivity contribution is 5.95. The van der Waals surface area contributed by atoms with Crippen LogP contribution in [-0.4, -0.2) is 61.9 Å². The second-order valence-electron chi connectivity index (χ2n) is 8.34. The van der Waals surface area contributed by atoms with Gasteiger partial charge < -0.3 is 15.5 Å². The summed E-state index contributed by atoms with van der Waals surface area (Å²) in [5, 5.41) is 0. The zero-order valence-electron chi connectivity index (χ0n) is 17.0. The van der Waals surface area contributed by atoms with Crippen molar-refractivity contribution in [3.8, 4) is 0 Å². The van der Waals surface area contributed by atoms with E-state index in [1.165, 1.54) is 0 Å². The lowest BCUT2D eigenvalue weighted by Gasteiger charge is -2.30. The largest absolute Gasteiger partial charge is 0.378 e. The van der Waals surface area contributed by atoms with Crippen LogP contribution in [0.1, 0.15) is 22.0 Å². The van der Waals surface area contributed by atoms with E-state index in [9.17, 15) is 9.59 Å². The predicted molar refractivity (Wildman–Crippen MR) is 114 cm³/mol. The van der Waals surface area contributed by atoms with Gasteiger partial charge in [-0.05, 0) is 29.7 Å². The van der Waals surface area contributed by atoms with Crippen LogP contribution in [0, 0.1) is 11.8 Å². The molecule has 29 heavy (non-hydrogen) atoms. The van der Waals surface area contributed by atoms with Crippen molar-refractivity contribution in [3.05, 3.63) is 65.7 Å². The van der Waals surface area contributed by atoms with E-state index in [0.29, 0.717) is 23.9 Å². The van der Waals surface area contributed by atoms with Crippen LogP contribution in [0.25, 0.3) is 0 Å². The van der Waals surface area contributed by atoms with E-state index < -0.39 is 0 Å². The Kier molecular flexibility index (Phi) is 5.28. The molecule has 0 unspecified atom stereocenters. The van der Waals surface area contributed by atoms with Crippen molar-refractivity contribution in [2.45, 2.75) is 6.04 Å². The first-order valence-corrected chi connectivity index (χ1v) is 10.1. The molecule has 152 valence electrons. The van der Waals surface area contributed by atoms with Crippen molar-refractivity contribution in [1.29, 1.82) is 0 Å². The number of benzene rings is 2. The summed E-state index contributed by atoms with van der Waals surface area (Å²) in [6.45, 7) is 2.57. The van der Waals surface area contributed by atoms with Gasteiger partial charge in [-0.25, -0.2) is 0 Å². The average Bonchev–Trinajstić information content (AvgIpc) is 3.24. The molecule has 2 aliphatic rings. The normalized spacial score (nSPS) is 23.8. The first-order chi connectivity index (χ1) is 13.9. The van der Waals surface area contributed by atoms with E-state index in [1.807, 2.05) is 66.4 Å². The molecule has 2 amide bonds. The van der Waals surface area contributed by atoms with Crippen LogP contribution in [-0.2, 0) is 4.79 Å². The first-order valence-electron chi connectivity index (χ1n) is 10.1. The van der Waals surface area contributed by atoms with Crippen LogP contribution in [0.4, 0.5) is 5.69 Å². The van der Waals surface area contributed by atoms with Gasteiger partial charge in [0, 0.05) is 50.9 Å². The minimum Gasteiger partial charge on any atom is -0.378 e. The zero-order chi connectivity index (χ0) is 20.5. The molecule has 6 heteroatoms. The van der Waals surface area contributed by atoms with Crippen LogP contribution in [0.2, 0.25) is 0 Å². The Balaban J connectivity index is 1.64. The average molecular weight is 393 g/mol. The van der Waals surface area contributed by atoms with E-state index in [2.05, 4.69) is 17.0 Å². The predicted octanol–water partition coefficient (Wildman–Crippen LogP) is 1.98. The molecule has 2 fully saturated rings. The van der Waals surface area contributed by atoms with E-state index in [1.54, 1.807) is 0 Å². The summed E-state index contributed by atoms with van der Waals surface area (Å²) in [5.41, 5.74) is 8.29. The molecule has 0 aliphatic carbocycles. The molecule has 0 radical (unpaired) electrons. The van der Waals surface area contributed by atoms with Crippen LogP contribution in [0.3, 0.4) is 0 Å². The fourth-order valence-electron chi connectivity index (χ4n) is 4.86. The molecule has 2 aromatic carbocycles. The number of hydrogen-bond donors (Lipinski definition) is 1. The molecule has 0 aromatic heterocycles. The van der Waals surface area contributed by atoms with Gasteiger partial charge in [-0.15, -0.1) is 0 Å². The van der Waals surface area contributed by atoms with Gasteiger partial charge >= 0.3 is 0 Å². The maximum absolute atomic E-state index is 13.5. The first kappa shape index (κ1) is 19.5.